The van der Waals surface area contributed by atoms with Crippen LogP contribution in [0.25, 0.3) is 11.1 Å². The third kappa shape index (κ3) is 2.66. The van der Waals surface area contributed by atoms with Crippen LogP contribution in [0, 0.1) is 12.7 Å². The molecule has 1 aliphatic rings. The molecule has 0 spiro atoms. The maximum Gasteiger partial charge on any atom is 0.256 e. The standard InChI is InChI=1S/C19H17FN2O2/c1-12-21-18-15(6-4-8-17(18)24-12)19(23)22(14-9-10-14)11-13-5-2-3-7-16(13)20/h2-8,14H,9-11H2,1H3. The first-order valence-electron chi connectivity index (χ1n) is 8.04. The van der Waals surface area contributed by atoms with Gasteiger partial charge in [0.05, 0.1) is 5.56 Å². The van der Waals surface area contributed by atoms with Gasteiger partial charge in [-0.25, -0.2) is 9.37 Å². The first-order valence-corrected chi connectivity index (χ1v) is 8.04. The summed E-state index contributed by atoms with van der Waals surface area (Å²) < 4.78 is 19.5. The van der Waals surface area contributed by atoms with E-state index in [4.69, 9.17) is 4.42 Å². The van der Waals surface area contributed by atoms with E-state index in [1.165, 1.54) is 6.07 Å². The summed E-state index contributed by atoms with van der Waals surface area (Å²) in [5.41, 5.74) is 2.20. The predicted octanol–water partition coefficient (Wildman–Crippen LogP) is 4.08. The number of hydrogen-bond acceptors (Lipinski definition) is 3. The number of aromatic nitrogens is 1. The smallest absolute Gasteiger partial charge is 0.256 e. The van der Waals surface area contributed by atoms with Crippen LogP contribution < -0.4 is 0 Å². The minimum atomic E-state index is -0.286. The normalized spacial score (nSPS) is 14.1. The third-order valence-corrected chi connectivity index (χ3v) is 4.30. The Kier molecular flexibility index (Phi) is 3.56. The van der Waals surface area contributed by atoms with Crippen molar-refractivity contribution in [3.05, 3.63) is 65.3 Å². The number of fused-ring (bicyclic) bond motifs is 1. The van der Waals surface area contributed by atoms with Gasteiger partial charge in [0.2, 0.25) is 0 Å². The first-order chi connectivity index (χ1) is 11.6. The average Bonchev–Trinajstić information content (AvgIpc) is 3.33. The molecular formula is C19H17FN2O2. The summed E-state index contributed by atoms with van der Waals surface area (Å²) >= 11 is 0. The minimum Gasteiger partial charge on any atom is -0.441 e. The minimum absolute atomic E-state index is 0.125. The molecule has 0 aliphatic heterocycles. The number of aryl methyl sites for hydroxylation is 1. The van der Waals surface area contributed by atoms with E-state index in [9.17, 15) is 9.18 Å². The predicted molar refractivity (Wildman–Crippen MR) is 88.0 cm³/mol. The topological polar surface area (TPSA) is 46.3 Å². The molecule has 0 bridgehead atoms. The van der Waals surface area contributed by atoms with Crippen LogP contribution in [0.4, 0.5) is 4.39 Å². The number of carbonyl (C=O) groups is 1. The molecule has 0 atom stereocenters. The van der Waals surface area contributed by atoms with Gasteiger partial charge in [0.15, 0.2) is 11.5 Å². The van der Waals surface area contributed by atoms with Gasteiger partial charge in [0.25, 0.3) is 5.91 Å². The molecule has 1 amide bonds. The lowest BCUT2D eigenvalue weighted by atomic mass is 10.1. The molecule has 1 heterocycles. The molecule has 3 aromatic rings. The molecule has 0 N–H and O–H groups in total. The van der Waals surface area contributed by atoms with Gasteiger partial charge >= 0.3 is 0 Å². The number of para-hydroxylation sites is 1. The Morgan fingerprint density at radius 1 is 1.25 bits per heavy atom. The number of hydrogen-bond donors (Lipinski definition) is 0. The van der Waals surface area contributed by atoms with Crippen molar-refractivity contribution in [2.24, 2.45) is 0 Å². The number of carbonyl (C=O) groups excluding carboxylic acids is 1. The third-order valence-electron chi connectivity index (χ3n) is 4.30. The van der Waals surface area contributed by atoms with Crippen molar-refractivity contribution < 1.29 is 13.6 Å². The van der Waals surface area contributed by atoms with Crippen LogP contribution in [0.3, 0.4) is 0 Å². The quantitative estimate of drug-likeness (QED) is 0.726. The fraction of sp³-hybridized carbons (Fsp3) is 0.263. The molecule has 1 fully saturated rings. The number of benzene rings is 2. The van der Waals surface area contributed by atoms with Crippen molar-refractivity contribution in [3.63, 3.8) is 0 Å². The van der Waals surface area contributed by atoms with Crippen LogP contribution in [0.1, 0.15) is 34.7 Å². The van der Waals surface area contributed by atoms with Crippen molar-refractivity contribution in [3.8, 4) is 0 Å². The van der Waals surface area contributed by atoms with E-state index < -0.39 is 0 Å². The second-order valence-electron chi connectivity index (χ2n) is 6.14. The van der Waals surface area contributed by atoms with Crippen molar-refractivity contribution in [1.29, 1.82) is 0 Å². The molecule has 24 heavy (non-hydrogen) atoms. The van der Waals surface area contributed by atoms with Crippen molar-refractivity contribution in [2.75, 3.05) is 0 Å². The van der Waals surface area contributed by atoms with E-state index in [2.05, 4.69) is 4.98 Å². The van der Waals surface area contributed by atoms with Gasteiger partial charge in [0, 0.05) is 25.1 Å². The molecule has 1 aliphatic carbocycles. The van der Waals surface area contributed by atoms with Gasteiger partial charge in [-0.05, 0) is 31.0 Å². The van der Waals surface area contributed by atoms with E-state index in [0.29, 0.717) is 28.1 Å². The Labute approximate surface area is 138 Å². The van der Waals surface area contributed by atoms with Crippen molar-refractivity contribution in [1.82, 2.24) is 9.88 Å². The zero-order chi connectivity index (χ0) is 16.7. The maximum atomic E-state index is 14.0. The Morgan fingerprint density at radius 3 is 2.79 bits per heavy atom. The SMILES string of the molecule is Cc1nc2c(C(=O)N(Cc3ccccc3F)C3CC3)cccc2o1. The summed E-state index contributed by atoms with van der Waals surface area (Å²) in [5.74, 6) is 0.114. The van der Waals surface area contributed by atoms with Gasteiger partial charge in [-0.1, -0.05) is 24.3 Å². The van der Waals surface area contributed by atoms with Crippen LogP contribution >= 0.6 is 0 Å². The molecule has 2 aromatic carbocycles. The van der Waals surface area contributed by atoms with Gasteiger partial charge in [0.1, 0.15) is 11.3 Å². The summed E-state index contributed by atoms with van der Waals surface area (Å²) in [7, 11) is 0. The monoisotopic (exact) mass is 324 g/mol. The van der Waals surface area contributed by atoms with Gasteiger partial charge in [-0.3, -0.25) is 4.79 Å². The van der Waals surface area contributed by atoms with E-state index in [1.54, 1.807) is 48.2 Å². The Morgan fingerprint density at radius 2 is 2.04 bits per heavy atom. The number of amides is 1. The summed E-state index contributed by atoms with van der Waals surface area (Å²) in [6, 6.07) is 12.1. The molecule has 0 radical (unpaired) electrons. The molecule has 4 rings (SSSR count). The fourth-order valence-corrected chi connectivity index (χ4v) is 2.95. The molecule has 1 aromatic heterocycles. The summed E-state index contributed by atoms with van der Waals surface area (Å²) in [5, 5.41) is 0. The Hall–Kier alpha value is -2.69. The molecule has 122 valence electrons. The fourth-order valence-electron chi connectivity index (χ4n) is 2.95. The Balaban J connectivity index is 1.70. The number of rotatable bonds is 4. The van der Waals surface area contributed by atoms with Gasteiger partial charge in [-0.15, -0.1) is 0 Å². The average molecular weight is 324 g/mol. The second kappa shape index (κ2) is 5.74. The molecule has 5 heteroatoms. The van der Waals surface area contributed by atoms with E-state index in [0.717, 1.165) is 12.8 Å². The molecule has 1 saturated carbocycles. The Bertz CT molecular complexity index is 915. The number of oxazole rings is 1. The summed E-state index contributed by atoms with van der Waals surface area (Å²) in [4.78, 5) is 19.2. The largest absolute Gasteiger partial charge is 0.441 e. The first kappa shape index (κ1) is 14.9. The molecular weight excluding hydrogens is 307 g/mol. The van der Waals surface area contributed by atoms with E-state index >= 15 is 0 Å². The summed E-state index contributed by atoms with van der Waals surface area (Å²) in [6.45, 7) is 2.02. The van der Waals surface area contributed by atoms with Crippen LogP contribution in [-0.4, -0.2) is 21.8 Å². The van der Waals surface area contributed by atoms with Crippen LogP contribution in [0.15, 0.2) is 46.9 Å². The molecule has 0 saturated heterocycles. The lowest BCUT2D eigenvalue weighted by Crippen LogP contribution is -2.33. The zero-order valence-electron chi connectivity index (χ0n) is 13.3. The second-order valence-corrected chi connectivity index (χ2v) is 6.14. The molecule has 4 nitrogen and oxygen atoms in total. The van der Waals surface area contributed by atoms with Gasteiger partial charge in [-0.2, -0.15) is 0 Å². The highest BCUT2D eigenvalue weighted by atomic mass is 19.1. The van der Waals surface area contributed by atoms with Crippen LogP contribution in [0.5, 0.6) is 0 Å². The van der Waals surface area contributed by atoms with E-state index in [-0.39, 0.29) is 24.3 Å². The number of halogens is 1. The number of nitrogens with zero attached hydrogens (tertiary/aromatic N) is 2. The highest BCUT2D eigenvalue weighted by Gasteiger charge is 2.34. The maximum absolute atomic E-state index is 14.0. The van der Waals surface area contributed by atoms with Crippen LogP contribution in [0.2, 0.25) is 0 Å². The summed E-state index contributed by atoms with van der Waals surface area (Å²) in [6.07, 6.45) is 1.90. The van der Waals surface area contributed by atoms with Crippen LogP contribution in [-0.2, 0) is 6.54 Å². The van der Waals surface area contributed by atoms with E-state index in [1.807, 2.05) is 0 Å². The zero-order valence-corrected chi connectivity index (χ0v) is 13.3. The van der Waals surface area contributed by atoms with Gasteiger partial charge < -0.3 is 9.32 Å². The highest BCUT2D eigenvalue weighted by Crippen LogP contribution is 2.31. The molecule has 0 unspecified atom stereocenters. The lowest BCUT2D eigenvalue weighted by molar-refractivity contribution is 0.0730. The van der Waals surface area contributed by atoms with Crippen molar-refractivity contribution in [2.45, 2.75) is 32.4 Å². The van der Waals surface area contributed by atoms with Crippen molar-refractivity contribution >= 4 is 17.0 Å². The highest BCUT2D eigenvalue weighted by molar-refractivity contribution is 6.04. The lowest BCUT2D eigenvalue weighted by Gasteiger charge is -2.23.